The number of azo groups is 1. The summed E-state index contributed by atoms with van der Waals surface area (Å²) >= 11 is 0. The molecule has 0 aliphatic carbocycles. The van der Waals surface area contributed by atoms with Gasteiger partial charge in [0.2, 0.25) is 0 Å². The minimum atomic E-state index is -4.12. The van der Waals surface area contributed by atoms with E-state index < -0.39 is 15.0 Å². The third kappa shape index (κ3) is 4.60. The molecule has 0 N–H and O–H groups in total. The van der Waals surface area contributed by atoms with Gasteiger partial charge in [0.15, 0.2) is 11.6 Å². The highest BCUT2D eigenvalue weighted by Crippen LogP contribution is 2.41. The van der Waals surface area contributed by atoms with E-state index in [1.54, 1.807) is 79.0 Å². The predicted molar refractivity (Wildman–Crippen MR) is 117 cm³/mol. The molecule has 0 aliphatic heterocycles. The van der Waals surface area contributed by atoms with Crippen LogP contribution in [0.5, 0.6) is 5.75 Å². The quantitative estimate of drug-likeness (QED) is 0.165. The Morgan fingerprint density at radius 3 is 2.23 bits per heavy atom. The SMILES string of the molecule is O=C(Oc1c(/N=N/c2ccccn2)cc(S(=O)(=O)Cl)c2ccccc12)c1ccccc1. The van der Waals surface area contributed by atoms with E-state index in [-0.39, 0.29) is 16.3 Å². The van der Waals surface area contributed by atoms with Gasteiger partial charge >= 0.3 is 5.97 Å². The number of rotatable bonds is 5. The molecular formula is C22H14ClN3O4S. The predicted octanol–water partition coefficient (Wildman–Crippen LogP) is 5.80. The van der Waals surface area contributed by atoms with Crippen LogP contribution in [0.4, 0.5) is 11.5 Å². The van der Waals surface area contributed by atoms with E-state index in [1.165, 1.54) is 6.07 Å². The molecule has 0 spiro atoms. The van der Waals surface area contributed by atoms with Gasteiger partial charge in [0.05, 0.1) is 10.5 Å². The normalized spacial score (nSPS) is 11.6. The van der Waals surface area contributed by atoms with Crippen LogP contribution in [0.25, 0.3) is 10.8 Å². The van der Waals surface area contributed by atoms with E-state index >= 15 is 0 Å². The van der Waals surface area contributed by atoms with Crippen LogP contribution in [0.15, 0.2) is 100 Å². The third-order valence-corrected chi connectivity index (χ3v) is 5.68. The smallest absolute Gasteiger partial charge is 0.343 e. The first-order valence-corrected chi connectivity index (χ1v) is 11.3. The number of hydrogen-bond donors (Lipinski definition) is 0. The zero-order chi connectivity index (χ0) is 21.8. The van der Waals surface area contributed by atoms with E-state index in [9.17, 15) is 13.2 Å². The molecule has 7 nitrogen and oxygen atoms in total. The number of ether oxygens (including phenoxy) is 1. The number of benzene rings is 3. The summed E-state index contributed by atoms with van der Waals surface area (Å²) in [7, 11) is 1.54. The van der Waals surface area contributed by atoms with Crippen LogP contribution in [0.2, 0.25) is 0 Å². The second-order valence-corrected chi connectivity index (χ2v) is 8.88. The number of nitrogens with zero attached hydrogens (tertiary/aromatic N) is 3. The lowest BCUT2D eigenvalue weighted by atomic mass is 10.1. The van der Waals surface area contributed by atoms with Crippen molar-refractivity contribution in [3.05, 3.63) is 90.6 Å². The summed E-state index contributed by atoms with van der Waals surface area (Å²) in [5, 5.41) is 8.79. The van der Waals surface area contributed by atoms with Crippen LogP contribution in [0.1, 0.15) is 10.4 Å². The Kier molecular flexibility index (Phi) is 5.75. The summed E-state index contributed by atoms with van der Waals surface area (Å²) in [5.41, 5.74) is 0.348. The van der Waals surface area contributed by atoms with Gasteiger partial charge in [-0.25, -0.2) is 18.2 Å². The van der Waals surface area contributed by atoms with Crippen LogP contribution < -0.4 is 4.74 Å². The molecule has 3 aromatic carbocycles. The van der Waals surface area contributed by atoms with E-state index in [0.717, 1.165) is 0 Å². The summed E-state index contributed by atoms with van der Waals surface area (Å²) < 4.78 is 30.1. The molecule has 0 atom stereocenters. The first-order valence-electron chi connectivity index (χ1n) is 9.04. The molecule has 0 bridgehead atoms. The second-order valence-electron chi connectivity index (χ2n) is 6.35. The van der Waals surface area contributed by atoms with E-state index in [1.807, 2.05) is 0 Å². The Balaban J connectivity index is 1.91. The molecule has 154 valence electrons. The van der Waals surface area contributed by atoms with E-state index in [0.29, 0.717) is 22.2 Å². The average Bonchev–Trinajstić information content (AvgIpc) is 2.79. The second kappa shape index (κ2) is 8.63. The number of fused-ring (bicyclic) bond motifs is 1. The molecule has 0 amide bonds. The third-order valence-electron chi connectivity index (χ3n) is 4.31. The lowest BCUT2D eigenvalue weighted by molar-refractivity contribution is 0.0737. The number of carbonyl (C=O) groups is 1. The van der Waals surface area contributed by atoms with Crippen molar-refractivity contribution >= 4 is 48.0 Å². The van der Waals surface area contributed by atoms with Crippen LogP contribution in [0, 0.1) is 0 Å². The highest BCUT2D eigenvalue weighted by atomic mass is 35.7. The number of aromatic nitrogens is 1. The van der Waals surface area contributed by atoms with Gasteiger partial charge in [-0.05, 0) is 30.3 Å². The summed E-state index contributed by atoms with van der Waals surface area (Å²) in [6.07, 6.45) is 1.54. The van der Waals surface area contributed by atoms with Gasteiger partial charge in [-0.3, -0.25) is 0 Å². The summed E-state index contributed by atoms with van der Waals surface area (Å²) in [6.45, 7) is 0. The van der Waals surface area contributed by atoms with Crippen LogP contribution >= 0.6 is 10.7 Å². The van der Waals surface area contributed by atoms with Crippen molar-refractivity contribution in [2.45, 2.75) is 4.90 Å². The summed E-state index contributed by atoms with van der Waals surface area (Å²) in [5.74, 6) is -0.263. The molecule has 0 saturated heterocycles. The highest BCUT2D eigenvalue weighted by Gasteiger charge is 2.22. The van der Waals surface area contributed by atoms with Gasteiger partial charge < -0.3 is 4.74 Å². The average molecular weight is 452 g/mol. The van der Waals surface area contributed by atoms with Crippen molar-refractivity contribution in [1.82, 2.24) is 4.98 Å². The molecule has 0 saturated carbocycles. The molecule has 9 heteroatoms. The Hall–Kier alpha value is -3.62. The van der Waals surface area contributed by atoms with Gasteiger partial charge in [0.1, 0.15) is 5.69 Å². The van der Waals surface area contributed by atoms with Crippen molar-refractivity contribution in [2.24, 2.45) is 10.2 Å². The summed E-state index contributed by atoms with van der Waals surface area (Å²) in [6, 6.07) is 21.3. The van der Waals surface area contributed by atoms with Crippen LogP contribution in [-0.4, -0.2) is 19.4 Å². The standard InChI is InChI=1S/C22H14ClN3O4S/c23-31(28,29)19-14-18(25-26-20-12-6-7-13-24-20)21(17-11-5-4-10-16(17)19)30-22(27)15-8-2-1-3-9-15/h1-14H/b26-25+. The first kappa shape index (κ1) is 20.6. The number of pyridine rings is 1. The molecule has 1 aromatic heterocycles. The van der Waals surface area contributed by atoms with Gasteiger partial charge in [-0.15, -0.1) is 10.2 Å². The van der Waals surface area contributed by atoms with Crippen LogP contribution in [0.3, 0.4) is 0 Å². The number of esters is 1. The maximum Gasteiger partial charge on any atom is 0.343 e. The van der Waals surface area contributed by atoms with Crippen molar-refractivity contribution < 1.29 is 17.9 Å². The van der Waals surface area contributed by atoms with Crippen molar-refractivity contribution in [3.63, 3.8) is 0 Å². The molecule has 0 aliphatic rings. The topological polar surface area (TPSA) is 98.0 Å². The Bertz CT molecular complexity index is 1390. The maximum atomic E-state index is 12.7. The monoisotopic (exact) mass is 451 g/mol. The Labute approximate surface area is 182 Å². The lowest BCUT2D eigenvalue weighted by Crippen LogP contribution is -2.09. The molecule has 31 heavy (non-hydrogen) atoms. The largest absolute Gasteiger partial charge is 0.420 e. The Morgan fingerprint density at radius 1 is 0.871 bits per heavy atom. The minimum Gasteiger partial charge on any atom is -0.420 e. The number of hydrogen-bond acceptors (Lipinski definition) is 7. The first-order chi connectivity index (χ1) is 14.9. The minimum absolute atomic E-state index is 0.0212. The summed E-state index contributed by atoms with van der Waals surface area (Å²) in [4.78, 5) is 16.6. The fourth-order valence-corrected chi connectivity index (χ4v) is 4.00. The van der Waals surface area contributed by atoms with Gasteiger partial charge in [0.25, 0.3) is 9.05 Å². The molecular weight excluding hydrogens is 438 g/mol. The van der Waals surface area contributed by atoms with E-state index in [4.69, 9.17) is 15.4 Å². The van der Waals surface area contributed by atoms with Gasteiger partial charge in [-0.1, -0.05) is 48.5 Å². The molecule has 0 fully saturated rings. The van der Waals surface area contributed by atoms with E-state index in [2.05, 4.69) is 15.2 Å². The van der Waals surface area contributed by atoms with Crippen molar-refractivity contribution in [1.29, 1.82) is 0 Å². The molecule has 0 unspecified atom stereocenters. The molecule has 1 heterocycles. The zero-order valence-electron chi connectivity index (χ0n) is 15.8. The molecule has 0 radical (unpaired) electrons. The van der Waals surface area contributed by atoms with Crippen molar-refractivity contribution in [3.8, 4) is 5.75 Å². The Morgan fingerprint density at radius 2 is 1.55 bits per heavy atom. The fourth-order valence-electron chi connectivity index (χ4n) is 2.93. The fraction of sp³-hybridized carbons (Fsp3) is 0. The highest BCUT2D eigenvalue weighted by molar-refractivity contribution is 8.14. The maximum absolute atomic E-state index is 12.7. The molecule has 4 aromatic rings. The lowest BCUT2D eigenvalue weighted by Gasteiger charge is -2.13. The molecule has 4 rings (SSSR count). The van der Waals surface area contributed by atoms with Gasteiger partial charge in [0, 0.05) is 27.7 Å². The van der Waals surface area contributed by atoms with Gasteiger partial charge in [-0.2, -0.15) is 0 Å². The van der Waals surface area contributed by atoms with Crippen molar-refractivity contribution in [2.75, 3.05) is 0 Å². The van der Waals surface area contributed by atoms with Crippen LogP contribution in [-0.2, 0) is 9.05 Å². The number of carbonyl (C=O) groups excluding carboxylic acids is 1. The zero-order valence-corrected chi connectivity index (χ0v) is 17.4. The number of halogens is 1.